The third kappa shape index (κ3) is 3.15. The molecule has 0 unspecified atom stereocenters. The molecule has 0 spiro atoms. The molecule has 2 heterocycles. The van der Waals surface area contributed by atoms with Crippen molar-refractivity contribution in [3.63, 3.8) is 0 Å². The van der Waals surface area contributed by atoms with Gasteiger partial charge in [-0.3, -0.25) is 5.41 Å². The Morgan fingerprint density at radius 2 is 1.96 bits per heavy atom. The van der Waals surface area contributed by atoms with Crippen LogP contribution in [-0.2, 0) is 0 Å². The predicted molar refractivity (Wildman–Crippen MR) is 115 cm³/mol. The van der Waals surface area contributed by atoms with Gasteiger partial charge >= 0.3 is 0 Å². The van der Waals surface area contributed by atoms with Crippen LogP contribution in [-0.4, -0.2) is 29.6 Å². The second-order valence-corrected chi connectivity index (χ2v) is 8.00. The number of anilines is 1. The number of hydrogen-bond acceptors (Lipinski definition) is 5. The van der Waals surface area contributed by atoms with E-state index in [-0.39, 0.29) is 18.1 Å². The number of methoxy groups -OCH3 is 1. The number of aryl methyl sites for hydroxylation is 1. The third-order valence-corrected chi connectivity index (χ3v) is 5.82. The molecule has 3 aromatic rings. The molecule has 0 amide bonds. The summed E-state index contributed by atoms with van der Waals surface area (Å²) in [5.41, 5.74) is 2.96. The van der Waals surface area contributed by atoms with E-state index in [2.05, 4.69) is 0 Å². The Balaban J connectivity index is 1.72. The molecule has 0 saturated carbocycles. The molecular formula is C21H18ClN3O2S. The summed E-state index contributed by atoms with van der Waals surface area (Å²) in [7, 11) is 1.57. The van der Waals surface area contributed by atoms with Crippen LogP contribution in [0.4, 0.5) is 5.69 Å². The summed E-state index contributed by atoms with van der Waals surface area (Å²) in [5.74, 6) is 0.871. The van der Waals surface area contributed by atoms with Gasteiger partial charge in [-0.2, -0.15) is 0 Å². The summed E-state index contributed by atoms with van der Waals surface area (Å²) in [6.07, 6.45) is 0. The summed E-state index contributed by atoms with van der Waals surface area (Å²) in [5, 5.41) is 20.5. The van der Waals surface area contributed by atoms with Gasteiger partial charge in [0.1, 0.15) is 22.4 Å². The molecular weight excluding hydrogens is 394 g/mol. The highest BCUT2D eigenvalue weighted by molar-refractivity contribution is 7.13. The van der Waals surface area contributed by atoms with Crippen molar-refractivity contribution in [1.29, 1.82) is 5.41 Å². The SMILES string of the molecule is COc1ccc(Cl)cc1N1CC(O)=C(c2nc(-c3ccccc3)c(C)s2)C1=N. The van der Waals surface area contributed by atoms with Crippen molar-refractivity contribution in [3.05, 3.63) is 69.2 Å². The number of amidine groups is 1. The summed E-state index contributed by atoms with van der Waals surface area (Å²) in [4.78, 5) is 7.44. The van der Waals surface area contributed by atoms with Crippen LogP contribution in [0.25, 0.3) is 16.8 Å². The van der Waals surface area contributed by atoms with Gasteiger partial charge in [-0.15, -0.1) is 11.3 Å². The summed E-state index contributed by atoms with van der Waals surface area (Å²) in [6.45, 7) is 2.17. The second kappa shape index (κ2) is 7.30. The lowest BCUT2D eigenvalue weighted by Crippen LogP contribution is -2.26. The van der Waals surface area contributed by atoms with Gasteiger partial charge in [0.2, 0.25) is 0 Å². The highest BCUT2D eigenvalue weighted by Gasteiger charge is 2.33. The number of thiazole rings is 1. The van der Waals surface area contributed by atoms with Crippen LogP contribution in [0.15, 0.2) is 54.3 Å². The van der Waals surface area contributed by atoms with Crippen LogP contribution < -0.4 is 9.64 Å². The molecule has 0 fully saturated rings. The van der Waals surface area contributed by atoms with E-state index in [0.717, 1.165) is 16.1 Å². The molecule has 28 heavy (non-hydrogen) atoms. The average molecular weight is 412 g/mol. The van der Waals surface area contributed by atoms with E-state index < -0.39 is 0 Å². The molecule has 0 aliphatic carbocycles. The maximum Gasteiger partial charge on any atom is 0.142 e. The Morgan fingerprint density at radius 1 is 1.21 bits per heavy atom. The normalized spacial score (nSPS) is 14.1. The number of nitrogens with zero attached hydrogens (tertiary/aromatic N) is 2. The zero-order valence-corrected chi connectivity index (χ0v) is 16.9. The number of ether oxygens (including phenoxy) is 1. The van der Waals surface area contributed by atoms with Crippen LogP contribution in [0.1, 0.15) is 9.88 Å². The fourth-order valence-corrected chi connectivity index (χ4v) is 4.42. The number of nitrogens with one attached hydrogen (secondary N) is 1. The Bertz CT molecular complexity index is 1090. The quantitative estimate of drug-likeness (QED) is 0.590. The lowest BCUT2D eigenvalue weighted by atomic mass is 10.1. The number of aromatic nitrogens is 1. The van der Waals surface area contributed by atoms with E-state index in [0.29, 0.717) is 27.0 Å². The molecule has 0 radical (unpaired) electrons. The highest BCUT2D eigenvalue weighted by Crippen LogP contribution is 2.39. The predicted octanol–water partition coefficient (Wildman–Crippen LogP) is 5.55. The Morgan fingerprint density at radius 3 is 2.68 bits per heavy atom. The summed E-state index contributed by atoms with van der Waals surface area (Å²) >= 11 is 7.61. The van der Waals surface area contributed by atoms with E-state index in [1.165, 1.54) is 11.3 Å². The van der Waals surface area contributed by atoms with Gasteiger partial charge in [0.15, 0.2) is 0 Å². The minimum absolute atomic E-state index is 0.111. The van der Waals surface area contributed by atoms with E-state index in [1.54, 1.807) is 30.2 Å². The molecule has 2 aromatic carbocycles. The van der Waals surface area contributed by atoms with E-state index in [9.17, 15) is 5.11 Å². The van der Waals surface area contributed by atoms with Crippen molar-refractivity contribution >= 4 is 40.0 Å². The minimum Gasteiger partial charge on any atom is -0.510 e. The van der Waals surface area contributed by atoms with Crippen LogP contribution >= 0.6 is 22.9 Å². The molecule has 1 aliphatic heterocycles. The molecule has 4 rings (SSSR count). The standard InChI is InChI=1S/C21H18ClN3O2S/c1-12-19(13-6-4-3-5-7-13)24-21(28-12)18-16(26)11-25(20(18)23)15-10-14(22)8-9-17(15)27-2/h3-10,23,26H,11H2,1-2H3. The maximum absolute atomic E-state index is 10.6. The lowest BCUT2D eigenvalue weighted by Gasteiger charge is -2.21. The monoisotopic (exact) mass is 411 g/mol. The number of aliphatic hydroxyl groups is 1. The molecule has 1 aliphatic rings. The molecule has 0 bridgehead atoms. The fraction of sp³-hybridized carbons (Fsp3) is 0.143. The van der Waals surface area contributed by atoms with Crippen molar-refractivity contribution < 1.29 is 9.84 Å². The smallest absolute Gasteiger partial charge is 0.142 e. The molecule has 0 atom stereocenters. The van der Waals surface area contributed by atoms with Gasteiger partial charge in [-0.05, 0) is 25.1 Å². The third-order valence-electron chi connectivity index (χ3n) is 4.59. The fourth-order valence-electron chi connectivity index (χ4n) is 3.25. The Labute approximate surface area is 172 Å². The topological polar surface area (TPSA) is 69.4 Å². The number of rotatable bonds is 4. The zero-order valence-electron chi connectivity index (χ0n) is 15.4. The second-order valence-electron chi connectivity index (χ2n) is 6.36. The van der Waals surface area contributed by atoms with E-state index >= 15 is 0 Å². The highest BCUT2D eigenvalue weighted by atomic mass is 35.5. The van der Waals surface area contributed by atoms with E-state index in [1.807, 2.05) is 37.3 Å². The van der Waals surface area contributed by atoms with Crippen molar-refractivity contribution in [2.45, 2.75) is 6.92 Å². The molecule has 0 saturated heterocycles. The van der Waals surface area contributed by atoms with Gasteiger partial charge in [-0.25, -0.2) is 4.98 Å². The molecule has 1 aromatic heterocycles. The first-order chi connectivity index (χ1) is 13.5. The van der Waals surface area contributed by atoms with Gasteiger partial charge < -0.3 is 14.7 Å². The first-order valence-corrected chi connectivity index (χ1v) is 9.84. The molecule has 2 N–H and O–H groups in total. The summed E-state index contributed by atoms with van der Waals surface area (Å²) in [6, 6.07) is 15.1. The minimum atomic E-state index is 0.111. The zero-order chi connectivity index (χ0) is 19.8. The lowest BCUT2D eigenvalue weighted by molar-refractivity contribution is 0.407. The average Bonchev–Trinajstić information content (AvgIpc) is 3.21. The van der Waals surface area contributed by atoms with Crippen LogP contribution in [0.2, 0.25) is 5.02 Å². The van der Waals surface area contributed by atoms with Gasteiger partial charge in [0, 0.05) is 15.5 Å². The first-order valence-electron chi connectivity index (χ1n) is 8.65. The van der Waals surface area contributed by atoms with Crippen molar-refractivity contribution in [3.8, 4) is 17.0 Å². The Hall–Kier alpha value is -2.83. The van der Waals surface area contributed by atoms with Crippen molar-refractivity contribution in [2.75, 3.05) is 18.6 Å². The van der Waals surface area contributed by atoms with Crippen molar-refractivity contribution in [1.82, 2.24) is 4.98 Å². The van der Waals surface area contributed by atoms with Crippen LogP contribution in [0.3, 0.4) is 0 Å². The number of aliphatic hydroxyl groups excluding tert-OH is 1. The first kappa shape index (κ1) is 18.5. The number of benzene rings is 2. The van der Waals surface area contributed by atoms with E-state index in [4.69, 9.17) is 26.7 Å². The Kier molecular flexibility index (Phi) is 4.83. The van der Waals surface area contributed by atoms with Crippen molar-refractivity contribution in [2.24, 2.45) is 0 Å². The van der Waals surface area contributed by atoms with Crippen LogP contribution in [0, 0.1) is 12.3 Å². The van der Waals surface area contributed by atoms with Gasteiger partial charge in [-0.1, -0.05) is 41.9 Å². The van der Waals surface area contributed by atoms with Gasteiger partial charge in [0.05, 0.1) is 30.6 Å². The van der Waals surface area contributed by atoms with Gasteiger partial charge in [0.25, 0.3) is 0 Å². The molecule has 142 valence electrons. The maximum atomic E-state index is 10.6. The molecule has 5 nitrogen and oxygen atoms in total. The molecule has 7 heteroatoms. The van der Waals surface area contributed by atoms with Crippen LogP contribution in [0.5, 0.6) is 5.75 Å². The number of halogens is 1. The number of hydrogen-bond donors (Lipinski definition) is 2. The summed E-state index contributed by atoms with van der Waals surface area (Å²) < 4.78 is 5.41. The largest absolute Gasteiger partial charge is 0.510 e.